The Labute approximate surface area is 286 Å². The number of alkyl carbamates (subject to hydrolysis) is 1. The van der Waals surface area contributed by atoms with E-state index < -0.39 is 66.6 Å². The van der Waals surface area contributed by atoms with Gasteiger partial charge < -0.3 is 30.6 Å². The van der Waals surface area contributed by atoms with E-state index in [9.17, 15) is 31.9 Å². The maximum absolute atomic E-state index is 15.3. The van der Waals surface area contributed by atoms with Gasteiger partial charge in [0.25, 0.3) is 5.91 Å². The number of nitrogens with two attached hydrogens (primary N) is 1. The molecule has 3 aromatic rings. The van der Waals surface area contributed by atoms with E-state index in [1.54, 1.807) is 29.6 Å². The fourth-order valence-electron chi connectivity index (χ4n) is 5.19. The summed E-state index contributed by atoms with van der Waals surface area (Å²) in [4.78, 5) is 43.2. The number of methoxy groups -OCH3 is 1. The molecular weight excluding hydrogens is 725 g/mol. The molecule has 4 N–H and O–H groups in total. The van der Waals surface area contributed by atoms with E-state index in [1.807, 2.05) is 0 Å². The van der Waals surface area contributed by atoms with E-state index in [4.69, 9.17) is 19.9 Å². The third-order valence-corrected chi connectivity index (χ3v) is 8.16. The van der Waals surface area contributed by atoms with Crippen LogP contribution in [0.3, 0.4) is 0 Å². The van der Waals surface area contributed by atoms with Crippen molar-refractivity contribution in [2.24, 2.45) is 5.73 Å². The number of anilines is 1. The maximum atomic E-state index is 15.3. The number of nitrogens with zero attached hydrogens (tertiary/aromatic N) is 2. The Balaban J connectivity index is 1.49. The molecule has 0 spiro atoms. The lowest BCUT2D eigenvalue weighted by Gasteiger charge is -2.31. The third kappa shape index (κ3) is 10.4. The van der Waals surface area contributed by atoms with Crippen LogP contribution in [0, 0.1) is 11.6 Å². The van der Waals surface area contributed by atoms with Crippen LogP contribution in [0.5, 0.6) is 0 Å². The Bertz CT molecular complexity index is 1550. The number of alkyl halides is 3. The first-order valence-corrected chi connectivity index (χ1v) is 15.7. The van der Waals surface area contributed by atoms with Crippen molar-refractivity contribution in [3.63, 3.8) is 0 Å². The number of hydrogen-bond donors (Lipinski definition) is 3. The lowest BCUT2D eigenvalue weighted by Crippen LogP contribution is -2.50. The van der Waals surface area contributed by atoms with Gasteiger partial charge in [-0.25, -0.2) is 23.3 Å². The van der Waals surface area contributed by atoms with Gasteiger partial charge in [0.05, 0.1) is 50.0 Å². The number of rotatable bonds is 11. The lowest BCUT2D eigenvalue weighted by atomic mass is 9.84. The molecule has 1 fully saturated rings. The van der Waals surface area contributed by atoms with E-state index >= 15 is 4.39 Å². The van der Waals surface area contributed by atoms with Gasteiger partial charge in [0.1, 0.15) is 24.8 Å². The van der Waals surface area contributed by atoms with Crippen molar-refractivity contribution in [3.8, 4) is 0 Å². The highest BCUT2D eigenvalue weighted by Crippen LogP contribution is 2.32. The van der Waals surface area contributed by atoms with Crippen molar-refractivity contribution >= 4 is 39.7 Å². The van der Waals surface area contributed by atoms with E-state index in [0.29, 0.717) is 16.0 Å². The first kappa shape index (κ1) is 37.6. The zero-order chi connectivity index (χ0) is 35.7. The molecule has 3 amide bonds. The van der Waals surface area contributed by atoms with Gasteiger partial charge in [-0.2, -0.15) is 13.2 Å². The van der Waals surface area contributed by atoms with Gasteiger partial charge in [-0.1, -0.05) is 40.2 Å². The van der Waals surface area contributed by atoms with Crippen LogP contribution >= 0.6 is 15.9 Å². The second kappa shape index (κ2) is 17.0. The Kier molecular flexibility index (Phi) is 13.0. The zero-order valence-electron chi connectivity index (χ0n) is 26.0. The molecule has 0 aliphatic carbocycles. The average molecular weight is 759 g/mol. The molecule has 1 aliphatic heterocycles. The highest BCUT2D eigenvalue weighted by Gasteiger charge is 2.37. The van der Waals surface area contributed by atoms with Crippen LogP contribution < -0.4 is 21.3 Å². The van der Waals surface area contributed by atoms with Crippen LogP contribution in [0.25, 0.3) is 0 Å². The summed E-state index contributed by atoms with van der Waals surface area (Å²) in [6.45, 7) is -1.53. The number of nitrogens with one attached hydrogen (secondary N) is 2. The Morgan fingerprint density at radius 1 is 1.10 bits per heavy atom. The molecule has 1 saturated heterocycles. The van der Waals surface area contributed by atoms with Crippen molar-refractivity contribution in [2.75, 3.05) is 38.3 Å². The monoisotopic (exact) mass is 757 g/mol. The molecular formula is C32H33BrF5N5O6. The minimum absolute atomic E-state index is 0.0266. The lowest BCUT2D eigenvalue weighted by molar-refractivity contribution is -0.124. The molecule has 0 unspecified atom stereocenters. The number of carbonyl (C=O) groups is 3. The molecule has 4 atom stereocenters. The number of pyridine rings is 1. The van der Waals surface area contributed by atoms with Crippen molar-refractivity contribution in [3.05, 3.63) is 93.7 Å². The van der Waals surface area contributed by atoms with Crippen LogP contribution in [0.4, 0.5) is 37.2 Å². The summed E-state index contributed by atoms with van der Waals surface area (Å²) in [6.07, 6.45) is -5.18. The second-order valence-electron chi connectivity index (χ2n) is 11.0. The molecule has 17 heteroatoms. The summed E-state index contributed by atoms with van der Waals surface area (Å²) in [5.41, 5.74) is 7.41. The first-order valence-electron chi connectivity index (χ1n) is 14.9. The Morgan fingerprint density at radius 3 is 2.35 bits per heavy atom. The number of aromatic nitrogens is 1. The standard InChI is InChI=1S/C32H33BrF5N5O6/c1-47-31(46)43(29(44)28(39)27(18-2-6-20(33)7-3-18)19-4-8-21(34)9-5-19)26-14-40-13-25(35)24(26)11-10-23-12-41-22(15-48-23)16-49-30(45)42-17-32(36,37)38/h2-9,13-14,22-23,27-28,41H,10-12,15-17,39H2,1H3,(H,42,45)/t22-,23+,27-,28-/m0/s1. The van der Waals surface area contributed by atoms with E-state index in [1.165, 1.54) is 24.3 Å². The van der Waals surface area contributed by atoms with Crippen LogP contribution in [0.15, 0.2) is 65.4 Å². The van der Waals surface area contributed by atoms with Crippen molar-refractivity contribution < 1.29 is 50.5 Å². The number of amides is 3. The Hall–Kier alpha value is -4.19. The van der Waals surface area contributed by atoms with Crippen LogP contribution in [-0.4, -0.2) is 80.9 Å². The molecule has 2 aromatic carbocycles. The molecule has 0 bridgehead atoms. The minimum Gasteiger partial charge on any atom is -0.452 e. The average Bonchev–Trinajstić information content (AvgIpc) is 3.08. The van der Waals surface area contributed by atoms with Gasteiger partial charge in [0.15, 0.2) is 0 Å². The number of ether oxygens (including phenoxy) is 3. The largest absolute Gasteiger partial charge is 0.452 e. The van der Waals surface area contributed by atoms with Crippen LogP contribution in [0.1, 0.15) is 29.0 Å². The topological polar surface area (TPSA) is 145 Å². The molecule has 49 heavy (non-hydrogen) atoms. The summed E-state index contributed by atoms with van der Waals surface area (Å²) in [7, 11) is 1.05. The van der Waals surface area contributed by atoms with Crippen LogP contribution in [-0.2, 0) is 25.4 Å². The van der Waals surface area contributed by atoms with Gasteiger partial charge in [0.2, 0.25) is 0 Å². The number of carbonyl (C=O) groups excluding carboxylic acids is 3. The summed E-state index contributed by atoms with van der Waals surface area (Å²) < 4.78 is 82.2. The van der Waals surface area contributed by atoms with Gasteiger partial charge >= 0.3 is 18.4 Å². The number of morpholine rings is 1. The molecule has 0 radical (unpaired) electrons. The predicted molar refractivity (Wildman–Crippen MR) is 170 cm³/mol. The van der Waals surface area contributed by atoms with Gasteiger partial charge in [-0.05, 0) is 48.2 Å². The highest BCUT2D eigenvalue weighted by molar-refractivity contribution is 9.10. The van der Waals surface area contributed by atoms with Crippen LogP contribution in [0.2, 0.25) is 0 Å². The molecule has 1 aliphatic rings. The summed E-state index contributed by atoms with van der Waals surface area (Å²) in [5, 5.41) is 4.66. The quantitative estimate of drug-likeness (QED) is 0.231. The number of hydrogen-bond acceptors (Lipinski definition) is 9. The summed E-state index contributed by atoms with van der Waals surface area (Å²) >= 11 is 3.37. The third-order valence-electron chi connectivity index (χ3n) is 7.64. The van der Waals surface area contributed by atoms with Crippen molar-refractivity contribution in [1.82, 2.24) is 15.6 Å². The van der Waals surface area contributed by atoms with Gasteiger partial charge in [0, 0.05) is 22.5 Å². The fourth-order valence-corrected chi connectivity index (χ4v) is 5.46. The fraction of sp³-hybridized carbons (Fsp3) is 0.375. The summed E-state index contributed by atoms with van der Waals surface area (Å²) in [6, 6.07) is 10.4. The molecule has 264 valence electrons. The second-order valence-corrected chi connectivity index (χ2v) is 12.0. The smallest absolute Gasteiger partial charge is 0.421 e. The van der Waals surface area contributed by atoms with E-state index in [-0.39, 0.29) is 43.9 Å². The van der Waals surface area contributed by atoms with Gasteiger partial charge in [-0.15, -0.1) is 0 Å². The SMILES string of the molecule is COC(=O)N(C(=O)[C@@H](N)[C@H](c1ccc(F)cc1)c1ccc(Br)cc1)c1cncc(F)c1CC[C@@H]1CN[C@H](COC(=O)NCC(F)(F)F)CO1. The summed E-state index contributed by atoms with van der Waals surface area (Å²) in [5.74, 6) is -3.10. The van der Waals surface area contributed by atoms with Crippen molar-refractivity contribution in [2.45, 2.75) is 43.1 Å². The number of imide groups is 1. The normalized spacial score (nSPS) is 17.5. The minimum atomic E-state index is -4.58. The molecule has 1 aromatic heterocycles. The highest BCUT2D eigenvalue weighted by atomic mass is 79.9. The zero-order valence-corrected chi connectivity index (χ0v) is 27.6. The molecule has 11 nitrogen and oxygen atoms in total. The first-order chi connectivity index (χ1) is 23.3. The van der Waals surface area contributed by atoms with Gasteiger partial charge in [-0.3, -0.25) is 9.78 Å². The van der Waals surface area contributed by atoms with E-state index in [2.05, 4.69) is 26.2 Å². The van der Waals surface area contributed by atoms with Crippen molar-refractivity contribution in [1.29, 1.82) is 0 Å². The Morgan fingerprint density at radius 2 is 1.76 bits per heavy atom. The number of halogens is 6. The molecule has 4 rings (SSSR count). The molecule has 2 heterocycles. The number of benzene rings is 2. The van der Waals surface area contributed by atoms with E-state index in [0.717, 1.165) is 24.0 Å². The maximum Gasteiger partial charge on any atom is 0.421 e. The predicted octanol–water partition coefficient (Wildman–Crippen LogP) is 4.96. The molecule has 0 saturated carbocycles.